The smallest absolute Gasteiger partial charge is 0.242 e. The molecule has 2 amide bonds. The van der Waals surface area contributed by atoms with Crippen molar-refractivity contribution in [2.75, 3.05) is 10.2 Å². The van der Waals surface area contributed by atoms with Crippen LogP contribution in [0.1, 0.15) is 25.3 Å². The third kappa shape index (κ3) is 2.61. The highest BCUT2D eigenvalue weighted by Gasteiger charge is 2.59. The molecule has 2 aromatic rings. The van der Waals surface area contributed by atoms with Crippen LogP contribution in [-0.4, -0.2) is 17.9 Å². The van der Waals surface area contributed by atoms with E-state index in [1.165, 1.54) is 0 Å². The average Bonchev–Trinajstić information content (AvgIpc) is 3.34. The molecule has 0 bridgehead atoms. The first-order valence-electron chi connectivity index (χ1n) is 8.50. The van der Waals surface area contributed by atoms with E-state index in [1.807, 2.05) is 37.3 Å². The summed E-state index contributed by atoms with van der Waals surface area (Å²) in [5, 5.41) is 3.31. The highest BCUT2D eigenvalue weighted by molar-refractivity contribution is 6.34. The van der Waals surface area contributed by atoms with Crippen LogP contribution in [0.2, 0.25) is 5.02 Å². The fourth-order valence-corrected chi connectivity index (χ4v) is 3.76. The predicted octanol–water partition coefficient (Wildman–Crippen LogP) is 4.04. The molecule has 0 radical (unpaired) electrons. The van der Waals surface area contributed by atoms with Crippen LogP contribution < -0.4 is 10.2 Å². The van der Waals surface area contributed by atoms with Crippen molar-refractivity contribution in [3.05, 3.63) is 59.1 Å². The molecule has 1 aliphatic carbocycles. The quantitative estimate of drug-likeness (QED) is 0.846. The number of rotatable bonds is 3. The number of carbonyl (C=O) groups is 2. The Morgan fingerprint density at radius 1 is 1.12 bits per heavy atom. The SMILES string of the molecule is CC1Cc2ccccc2N1C(=O)C1(C(=O)Nc2ccccc2Cl)CC1. The minimum atomic E-state index is -0.967. The molecule has 1 heterocycles. The van der Waals surface area contributed by atoms with Crippen molar-refractivity contribution in [3.63, 3.8) is 0 Å². The van der Waals surface area contributed by atoms with Crippen molar-refractivity contribution < 1.29 is 9.59 Å². The lowest BCUT2D eigenvalue weighted by Crippen LogP contribution is -2.45. The van der Waals surface area contributed by atoms with E-state index in [0.29, 0.717) is 23.6 Å². The number of hydrogen-bond acceptors (Lipinski definition) is 2. The summed E-state index contributed by atoms with van der Waals surface area (Å²) in [5.41, 5.74) is 1.66. The minimum absolute atomic E-state index is 0.0653. The van der Waals surface area contributed by atoms with Crippen molar-refractivity contribution in [1.82, 2.24) is 0 Å². The van der Waals surface area contributed by atoms with Gasteiger partial charge in [0, 0.05) is 11.7 Å². The molecule has 4 nitrogen and oxygen atoms in total. The van der Waals surface area contributed by atoms with Crippen molar-refractivity contribution in [2.45, 2.75) is 32.2 Å². The topological polar surface area (TPSA) is 49.4 Å². The van der Waals surface area contributed by atoms with E-state index in [9.17, 15) is 9.59 Å². The zero-order chi connectivity index (χ0) is 17.6. The van der Waals surface area contributed by atoms with Gasteiger partial charge >= 0.3 is 0 Å². The zero-order valence-electron chi connectivity index (χ0n) is 14.0. The van der Waals surface area contributed by atoms with Crippen LogP contribution in [0.25, 0.3) is 0 Å². The summed E-state index contributed by atoms with van der Waals surface area (Å²) in [6.07, 6.45) is 1.98. The Labute approximate surface area is 151 Å². The Morgan fingerprint density at radius 2 is 1.80 bits per heavy atom. The molecule has 1 aliphatic heterocycles. The molecule has 25 heavy (non-hydrogen) atoms. The fraction of sp³-hybridized carbons (Fsp3) is 0.300. The van der Waals surface area contributed by atoms with Gasteiger partial charge in [0.2, 0.25) is 11.8 Å². The molecule has 4 rings (SSSR count). The minimum Gasteiger partial charge on any atom is -0.324 e. The fourth-order valence-electron chi connectivity index (χ4n) is 3.57. The Morgan fingerprint density at radius 3 is 2.52 bits per heavy atom. The summed E-state index contributed by atoms with van der Waals surface area (Å²) in [7, 11) is 0. The summed E-state index contributed by atoms with van der Waals surface area (Å²) in [5.74, 6) is -0.364. The van der Waals surface area contributed by atoms with E-state index in [1.54, 1.807) is 23.1 Å². The summed E-state index contributed by atoms with van der Waals surface area (Å²) < 4.78 is 0. The van der Waals surface area contributed by atoms with Crippen LogP contribution in [0, 0.1) is 5.41 Å². The Kier molecular flexibility index (Phi) is 3.80. The number of fused-ring (bicyclic) bond motifs is 1. The van der Waals surface area contributed by atoms with Crippen LogP contribution in [0.5, 0.6) is 0 Å². The van der Waals surface area contributed by atoms with Crippen LogP contribution in [0.15, 0.2) is 48.5 Å². The second kappa shape index (κ2) is 5.88. The number of anilines is 2. The van der Waals surface area contributed by atoms with Gasteiger partial charge < -0.3 is 10.2 Å². The maximum absolute atomic E-state index is 13.3. The van der Waals surface area contributed by atoms with Crippen LogP contribution in [0.3, 0.4) is 0 Å². The number of carbonyl (C=O) groups excluding carboxylic acids is 2. The third-order valence-electron chi connectivity index (χ3n) is 5.14. The molecule has 1 N–H and O–H groups in total. The molecule has 1 saturated carbocycles. The van der Waals surface area contributed by atoms with Gasteiger partial charge in [-0.15, -0.1) is 0 Å². The molecule has 1 fully saturated rings. The van der Waals surface area contributed by atoms with Gasteiger partial charge in [0.05, 0.1) is 10.7 Å². The summed E-state index contributed by atoms with van der Waals surface area (Å²) >= 11 is 6.13. The van der Waals surface area contributed by atoms with Gasteiger partial charge in [-0.3, -0.25) is 9.59 Å². The largest absolute Gasteiger partial charge is 0.324 e. The monoisotopic (exact) mass is 354 g/mol. The van der Waals surface area contributed by atoms with Gasteiger partial charge in [-0.2, -0.15) is 0 Å². The first-order chi connectivity index (χ1) is 12.0. The molecular formula is C20H19ClN2O2. The average molecular weight is 355 g/mol. The molecule has 2 aliphatic rings. The van der Waals surface area contributed by atoms with Crippen LogP contribution >= 0.6 is 11.6 Å². The van der Waals surface area contributed by atoms with Gasteiger partial charge in [0.25, 0.3) is 0 Å². The Balaban J connectivity index is 1.60. The molecule has 0 saturated heterocycles. The lowest BCUT2D eigenvalue weighted by Gasteiger charge is -2.27. The highest BCUT2D eigenvalue weighted by atomic mass is 35.5. The number of para-hydroxylation sites is 2. The van der Waals surface area contributed by atoms with Crippen molar-refractivity contribution in [1.29, 1.82) is 0 Å². The highest BCUT2D eigenvalue weighted by Crippen LogP contribution is 2.50. The number of halogens is 1. The van der Waals surface area contributed by atoms with E-state index in [2.05, 4.69) is 5.32 Å². The van der Waals surface area contributed by atoms with Crippen molar-refractivity contribution >= 4 is 34.8 Å². The van der Waals surface area contributed by atoms with Gasteiger partial charge in [-0.05, 0) is 49.9 Å². The maximum atomic E-state index is 13.3. The molecular weight excluding hydrogens is 336 g/mol. The maximum Gasteiger partial charge on any atom is 0.242 e. The Hall–Kier alpha value is -2.33. The van der Waals surface area contributed by atoms with Gasteiger partial charge in [-0.1, -0.05) is 41.9 Å². The lowest BCUT2D eigenvalue weighted by atomic mass is 10.0. The summed E-state index contributed by atoms with van der Waals surface area (Å²) in [4.78, 5) is 27.9. The molecule has 128 valence electrons. The van der Waals surface area contributed by atoms with Gasteiger partial charge in [0.15, 0.2) is 0 Å². The molecule has 1 atom stereocenters. The predicted molar refractivity (Wildman–Crippen MR) is 98.8 cm³/mol. The Bertz CT molecular complexity index is 860. The first-order valence-corrected chi connectivity index (χ1v) is 8.88. The number of nitrogens with zero attached hydrogens (tertiary/aromatic N) is 1. The lowest BCUT2D eigenvalue weighted by molar-refractivity contribution is -0.132. The van der Waals surface area contributed by atoms with Crippen molar-refractivity contribution in [2.24, 2.45) is 5.41 Å². The standard InChI is InChI=1S/C20H19ClN2O2/c1-13-12-14-6-2-5-9-17(14)23(13)19(25)20(10-11-20)18(24)22-16-8-4-3-7-15(16)21/h2-9,13H,10-12H2,1H3,(H,22,24). The molecule has 1 unspecified atom stereocenters. The second-order valence-corrected chi connectivity index (χ2v) is 7.28. The third-order valence-corrected chi connectivity index (χ3v) is 5.47. The summed E-state index contributed by atoms with van der Waals surface area (Å²) in [6, 6.07) is 15.1. The number of nitrogens with one attached hydrogen (secondary N) is 1. The van der Waals surface area contributed by atoms with Gasteiger partial charge in [-0.25, -0.2) is 0 Å². The van der Waals surface area contributed by atoms with E-state index >= 15 is 0 Å². The van der Waals surface area contributed by atoms with Crippen LogP contribution in [0.4, 0.5) is 11.4 Å². The van der Waals surface area contributed by atoms with E-state index in [4.69, 9.17) is 11.6 Å². The zero-order valence-corrected chi connectivity index (χ0v) is 14.7. The van der Waals surface area contributed by atoms with Crippen LogP contribution in [-0.2, 0) is 16.0 Å². The molecule has 0 spiro atoms. The first kappa shape index (κ1) is 16.2. The number of hydrogen-bond donors (Lipinski definition) is 1. The molecule has 5 heteroatoms. The second-order valence-electron chi connectivity index (χ2n) is 6.87. The van der Waals surface area contributed by atoms with E-state index in [-0.39, 0.29) is 17.9 Å². The van der Waals surface area contributed by atoms with E-state index < -0.39 is 5.41 Å². The molecule has 2 aromatic carbocycles. The summed E-state index contributed by atoms with van der Waals surface area (Å²) in [6.45, 7) is 2.03. The number of benzene rings is 2. The van der Waals surface area contributed by atoms with Crippen molar-refractivity contribution in [3.8, 4) is 0 Å². The van der Waals surface area contributed by atoms with Gasteiger partial charge in [0.1, 0.15) is 5.41 Å². The normalized spacial score (nSPS) is 20.1. The number of amides is 2. The molecule has 0 aromatic heterocycles. The van der Waals surface area contributed by atoms with E-state index in [0.717, 1.165) is 17.7 Å².